The molecule has 0 N–H and O–H groups in total. The van der Waals surface area contributed by atoms with Crippen LogP contribution in [0.4, 0.5) is 32.0 Å². The molecule has 0 bridgehead atoms. The Bertz CT molecular complexity index is 537. The molecule has 20 heavy (non-hydrogen) atoms. The summed E-state index contributed by atoms with van der Waals surface area (Å²) in [4.78, 5) is 3.60. The van der Waals surface area contributed by atoms with Gasteiger partial charge in [-0.3, -0.25) is 4.99 Å². The van der Waals surface area contributed by atoms with Gasteiger partial charge in [0.15, 0.2) is 0 Å². The molecule has 0 heterocycles. The smallest absolute Gasteiger partial charge is 0.253 e. The standard InChI is InChI=1S/C13H11F6N/c1-8(12(14,15)16)7-9(2)20-11-6-4-3-5-10(11)13(17,18)19/h3-7H,1-2H3/b8-7+,20-9?. The number of hydrogen-bond donors (Lipinski definition) is 0. The van der Waals surface area contributed by atoms with Crippen LogP contribution < -0.4 is 0 Å². The lowest BCUT2D eigenvalue weighted by Gasteiger charge is -2.10. The second-order valence-corrected chi connectivity index (χ2v) is 4.09. The molecule has 0 aliphatic carbocycles. The number of nitrogens with zero attached hydrogens (tertiary/aromatic N) is 1. The van der Waals surface area contributed by atoms with Crippen LogP contribution in [-0.4, -0.2) is 11.9 Å². The van der Waals surface area contributed by atoms with Crippen LogP contribution in [0.2, 0.25) is 0 Å². The highest BCUT2D eigenvalue weighted by Crippen LogP contribution is 2.36. The van der Waals surface area contributed by atoms with Crippen LogP contribution in [0.15, 0.2) is 40.9 Å². The molecule has 0 aliphatic heterocycles. The number of hydrogen-bond acceptors (Lipinski definition) is 1. The zero-order valence-electron chi connectivity index (χ0n) is 10.6. The Hall–Kier alpha value is -1.79. The summed E-state index contributed by atoms with van der Waals surface area (Å²) in [6.45, 7) is 2.04. The molecule has 0 saturated carbocycles. The van der Waals surface area contributed by atoms with E-state index in [4.69, 9.17) is 0 Å². The largest absolute Gasteiger partial charge is 0.418 e. The molecule has 0 fully saturated rings. The van der Waals surface area contributed by atoms with E-state index in [1.807, 2.05) is 0 Å². The maximum absolute atomic E-state index is 12.7. The van der Waals surface area contributed by atoms with Gasteiger partial charge in [-0.1, -0.05) is 12.1 Å². The fraction of sp³-hybridized carbons (Fsp3) is 0.308. The first-order valence-corrected chi connectivity index (χ1v) is 5.49. The number of halogens is 6. The molecule has 7 heteroatoms. The summed E-state index contributed by atoms with van der Waals surface area (Å²) in [5.41, 5.74) is -2.49. The van der Waals surface area contributed by atoms with Crippen molar-refractivity contribution in [2.45, 2.75) is 26.2 Å². The van der Waals surface area contributed by atoms with Crippen LogP contribution in [0.1, 0.15) is 19.4 Å². The van der Waals surface area contributed by atoms with E-state index in [1.165, 1.54) is 19.1 Å². The van der Waals surface area contributed by atoms with E-state index < -0.39 is 29.2 Å². The van der Waals surface area contributed by atoms with Crippen molar-refractivity contribution in [1.82, 2.24) is 0 Å². The third-order valence-electron chi connectivity index (χ3n) is 2.38. The number of para-hydroxylation sites is 1. The molecule has 0 radical (unpaired) electrons. The second kappa shape index (κ2) is 5.68. The SMILES string of the molecule is CC(/C=C(\C)C(F)(F)F)=Nc1ccccc1C(F)(F)F. The highest BCUT2D eigenvalue weighted by molar-refractivity contribution is 5.95. The lowest BCUT2D eigenvalue weighted by atomic mass is 10.1. The molecule has 0 aromatic heterocycles. The number of alkyl halides is 6. The van der Waals surface area contributed by atoms with Gasteiger partial charge in [0.2, 0.25) is 0 Å². The van der Waals surface area contributed by atoms with Gasteiger partial charge in [0.25, 0.3) is 0 Å². The van der Waals surface area contributed by atoms with Crippen LogP contribution >= 0.6 is 0 Å². The average molecular weight is 295 g/mol. The van der Waals surface area contributed by atoms with Crippen molar-refractivity contribution in [2.24, 2.45) is 4.99 Å². The van der Waals surface area contributed by atoms with Crippen LogP contribution in [0.25, 0.3) is 0 Å². The van der Waals surface area contributed by atoms with Crippen LogP contribution in [0.5, 0.6) is 0 Å². The number of benzene rings is 1. The van der Waals surface area contributed by atoms with Gasteiger partial charge >= 0.3 is 12.4 Å². The van der Waals surface area contributed by atoms with Crippen molar-refractivity contribution in [1.29, 1.82) is 0 Å². The minimum Gasteiger partial charge on any atom is -0.253 e. The molecule has 1 rings (SSSR count). The summed E-state index contributed by atoms with van der Waals surface area (Å²) in [5, 5.41) is 0. The van der Waals surface area contributed by atoms with Gasteiger partial charge < -0.3 is 0 Å². The van der Waals surface area contributed by atoms with Gasteiger partial charge in [-0.2, -0.15) is 26.3 Å². The van der Waals surface area contributed by atoms with E-state index in [-0.39, 0.29) is 5.71 Å². The normalized spacial score (nSPS) is 14.6. The van der Waals surface area contributed by atoms with E-state index in [1.54, 1.807) is 0 Å². The first kappa shape index (κ1) is 16.3. The molecule has 0 amide bonds. The second-order valence-electron chi connectivity index (χ2n) is 4.09. The summed E-state index contributed by atoms with van der Waals surface area (Å²) < 4.78 is 75.0. The van der Waals surface area contributed by atoms with E-state index >= 15 is 0 Å². The van der Waals surface area contributed by atoms with Gasteiger partial charge in [0.1, 0.15) is 0 Å². The highest BCUT2D eigenvalue weighted by Gasteiger charge is 2.33. The third-order valence-corrected chi connectivity index (χ3v) is 2.38. The first-order chi connectivity index (χ1) is 9.01. The first-order valence-electron chi connectivity index (χ1n) is 5.49. The van der Waals surface area contributed by atoms with Crippen LogP contribution in [0, 0.1) is 0 Å². The zero-order chi connectivity index (χ0) is 15.6. The molecule has 110 valence electrons. The van der Waals surface area contributed by atoms with Crippen molar-refractivity contribution < 1.29 is 26.3 Å². The lowest BCUT2D eigenvalue weighted by Crippen LogP contribution is -2.10. The Morgan fingerprint density at radius 2 is 1.55 bits per heavy atom. The zero-order valence-corrected chi connectivity index (χ0v) is 10.6. The third kappa shape index (κ3) is 4.40. The summed E-state index contributed by atoms with van der Waals surface area (Å²) in [6.07, 6.45) is -8.43. The molecule has 0 spiro atoms. The summed E-state index contributed by atoms with van der Waals surface area (Å²) in [6, 6.07) is 4.45. The van der Waals surface area contributed by atoms with Gasteiger partial charge in [0, 0.05) is 11.3 Å². The van der Waals surface area contributed by atoms with Crippen molar-refractivity contribution in [3.8, 4) is 0 Å². The monoisotopic (exact) mass is 295 g/mol. The fourth-order valence-electron chi connectivity index (χ4n) is 1.43. The van der Waals surface area contributed by atoms with Crippen molar-refractivity contribution in [2.75, 3.05) is 0 Å². The number of allylic oxidation sites excluding steroid dienone is 2. The maximum Gasteiger partial charge on any atom is 0.418 e. The predicted octanol–water partition coefficient (Wildman–Crippen LogP) is 5.31. The Labute approximate surface area is 111 Å². The topological polar surface area (TPSA) is 12.4 Å². The molecule has 1 aromatic rings. The average Bonchev–Trinajstić information content (AvgIpc) is 2.26. The summed E-state index contributed by atoms with van der Waals surface area (Å²) >= 11 is 0. The van der Waals surface area contributed by atoms with Crippen LogP contribution in [0.3, 0.4) is 0 Å². The minimum atomic E-state index is -4.61. The highest BCUT2D eigenvalue weighted by atomic mass is 19.4. The number of aliphatic imine (C=N–C) groups is 1. The van der Waals surface area contributed by atoms with E-state index in [0.717, 1.165) is 19.1 Å². The number of rotatable bonds is 2. The Morgan fingerprint density at radius 3 is 2.05 bits per heavy atom. The maximum atomic E-state index is 12.7. The van der Waals surface area contributed by atoms with Gasteiger partial charge in [-0.25, -0.2) is 0 Å². The van der Waals surface area contributed by atoms with Gasteiger partial charge in [0.05, 0.1) is 11.3 Å². The van der Waals surface area contributed by atoms with E-state index in [2.05, 4.69) is 4.99 Å². The molecule has 0 atom stereocenters. The molecule has 1 aromatic carbocycles. The summed E-state index contributed by atoms with van der Waals surface area (Å²) in [7, 11) is 0. The Balaban J connectivity index is 3.19. The van der Waals surface area contributed by atoms with Gasteiger partial charge in [-0.15, -0.1) is 0 Å². The molecule has 0 unspecified atom stereocenters. The van der Waals surface area contributed by atoms with Crippen molar-refractivity contribution in [3.05, 3.63) is 41.5 Å². The minimum absolute atomic E-state index is 0.156. The van der Waals surface area contributed by atoms with E-state index in [0.29, 0.717) is 6.08 Å². The lowest BCUT2D eigenvalue weighted by molar-refractivity contribution is -0.137. The Morgan fingerprint density at radius 1 is 1.00 bits per heavy atom. The summed E-state index contributed by atoms with van der Waals surface area (Å²) in [5.74, 6) is 0. The molecule has 0 aliphatic rings. The van der Waals surface area contributed by atoms with E-state index in [9.17, 15) is 26.3 Å². The van der Waals surface area contributed by atoms with Gasteiger partial charge in [-0.05, 0) is 32.1 Å². The Kier molecular flexibility index (Phi) is 4.62. The predicted molar refractivity (Wildman–Crippen MR) is 64.0 cm³/mol. The van der Waals surface area contributed by atoms with Crippen molar-refractivity contribution >= 4 is 11.4 Å². The van der Waals surface area contributed by atoms with Crippen molar-refractivity contribution in [3.63, 3.8) is 0 Å². The quantitative estimate of drug-likeness (QED) is 0.518. The molecule has 0 saturated heterocycles. The van der Waals surface area contributed by atoms with Crippen LogP contribution in [-0.2, 0) is 6.18 Å². The molecular formula is C13H11F6N. The molecule has 1 nitrogen and oxygen atoms in total. The molecular weight excluding hydrogens is 284 g/mol. The fourth-order valence-corrected chi connectivity index (χ4v) is 1.43.